The zero-order valence-corrected chi connectivity index (χ0v) is 11.4. The lowest BCUT2D eigenvalue weighted by Crippen LogP contribution is -2.32. The number of rotatable bonds is 3. The van der Waals surface area contributed by atoms with Gasteiger partial charge in [0.1, 0.15) is 0 Å². The Morgan fingerprint density at radius 1 is 1.16 bits per heavy atom. The first kappa shape index (κ1) is 12.6. The van der Waals surface area contributed by atoms with E-state index in [1.54, 1.807) is 10.7 Å². The molecule has 0 saturated carbocycles. The van der Waals surface area contributed by atoms with Crippen molar-refractivity contribution < 1.29 is 0 Å². The van der Waals surface area contributed by atoms with E-state index < -0.39 is 0 Å². The molecule has 1 fully saturated rings. The zero-order valence-electron chi connectivity index (χ0n) is 10.6. The zero-order chi connectivity index (χ0) is 13.1. The Bertz CT molecular complexity index is 543. The van der Waals surface area contributed by atoms with Crippen LogP contribution in [0.4, 0.5) is 5.82 Å². The molecule has 0 amide bonds. The molecule has 3 heterocycles. The molecule has 3 rings (SSSR count). The molecule has 0 aliphatic carbocycles. The highest BCUT2D eigenvalue weighted by Crippen LogP contribution is 2.15. The van der Waals surface area contributed by atoms with Gasteiger partial charge in [0.15, 0.2) is 11.5 Å². The monoisotopic (exact) mass is 281 g/mol. The van der Waals surface area contributed by atoms with E-state index in [0.29, 0.717) is 11.5 Å². The molecule has 2 aromatic rings. The summed E-state index contributed by atoms with van der Waals surface area (Å²) >= 11 is 5.81. The molecular formula is C11H16ClN7. The van der Waals surface area contributed by atoms with Crippen LogP contribution in [0.2, 0.25) is 0 Å². The third-order valence-electron chi connectivity index (χ3n) is 3.40. The number of hydrogen-bond acceptors (Lipinski definition) is 6. The summed E-state index contributed by atoms with van der Waals surface area (Å²) in [7, 11) is 0. The third-order valence-corrected chi connectivity index (χ3v) is 3.57. The van der Waals surface area contributed by atoms with Crippen molar-refractivity contribution in [2.45, 2.75) is 6.42 Å². The third kappa shape index (κ3) is 2.62. The van der Waals surface area contributed by atoms with E-state index in [1.165, 1.54) is 0 Å². The summed E-state index contributed by atoms with van der Waals surface area (Å²) in [6, 6.07) is 0. The predicted octanol–water partition coefficient (Wildman–Crippen LogP) is 0.270. The Labute approximate surface area is 116 Å². The Morgan fingerprint density at radius 2 is 2.11 bits per heavy atom. The molecule has 1 aliphatic rings. The molecule has 0 bridgehead atoms. The van der Waals surface area contributed by atoms with E-state index in [2.05, 4.69) is 30.3 Å². The first-order chi connectivity index (χ1) is 9.38. The average Bonchev–Trinajstić information content (AvgIpc) is 2.79. The molecule has 0 spiro atoms. The molecule has 0 aromatic carbocycles. The lowest BCUT2D eigenvalue weighted by Gasteiger charge is -2.22. The van der Waals surface area contributed by atoms with Crippen molar-refractivity contribution in [2.24, 2.45) is 0 Å². The van der Waals surface area contributed by atoms with Crippen LogP contribution in [0.15, 0.2) is 12.4 Å². The maximum atomic E-state index is 5.81. The number of hydrogen-bond donors (Lipinski definition) is 0. The molecule has 0 N–H and O–H groups in total. The molecule has 7 nitrogen and oxygen atoms in total. The van der Waals surface area contributed by atoms with Gasteiger partial charge in [0.05, 0.1) is 12.4 Å². The molecule has 1 aliphatic heterocycles. The van der Waals surface area contributed by atoms with Crippen molar-refractivity contribution in [2.75, 3.05) is 43.5 Å². The van der Waals surface area contributed by atoms with E-state index in [-0.39, 0.29) is 0 Å². The summed E-state index contributed by atoms with van der Waals surface area (Å²) < 4.78 is 1.74. The second kappa shape index (κ2) is 5.66. The van der Waals surface area contributed by atoms with Crippen LogP contribution in [0.1, 0.15) is 6.42 Å². The Kier molecular flexibility index (Phi) is 3.74. The van der Waals surface area contributed by atoms with Crippen LogP contribution >= 0.6 is 11.6 Å². The van der Waals surface area contributed by atoms with Gasteiger partial charge >= 0.3 is 0 Å². The Balaban J connectivity index is 1.80. The standard InChI is InChI=1S/C11H16ClN7/c12-2-5-17-3-1-4-18(7-6-17)11-9-13-8-10-14-15-16-19(10)11/h8-9H,1-7H2. The highest BCUT2D eigenvalue weighted by atomic mass is 35.5. The van der Waals surface area contributed by atoms with Crippen LogP contribution in [0, 0.1) is 0 Å². The maximum Gasteiger partial charge on any atom is 0.199 e. The van der Waals surface area contributed by atoms with Crippen LogP contribution in [0.25, 0.3) is 5.65 Å². The number of halogens is 1. The minimum absolute atomic E-state index is 0.680. The number of fused-ring (bicyclic) bond motifs is 1. The van der Waals surface area contributed by atoms with E-state index in [0.717, 1.165) is 45.0 Å². The molecule has 102 valence electrons. The van der Waals surface area contributed by atoms with Gasteiger partial charge in [-0.1, -0.05) is 0 Å². The summed E-state index contributed by atoms with van der Waals surface area (Å²) in [5.41, 5.74) is 0.680. The summed E-state index contributed by atoms with van der Waals surface area (Å²) in [5, 5.41) is 11.6. The van der Waals surface area contributed by atoms with Crippen molar-refractivity contribution in [1.82, 2.24) is 29.9 Å². The predicted molar refractivity (Wildman–Crippen MR) is 72.6 cm³/mol. The van der Waals surface area contributed by atoms with Crippen LogP contribution < -0.4 is 4.90 Å². The van der Waals surface area contributed by atoms with Crippen LogP contribution in [-0.4, -0.2) is 68.5 Å². The van der Waals surface area contributed by atoms with Crippen molar-refractivity contribution in [3.05, 3.63) is 12.4 Å². The molecule has 2 aromatic heterocycles. The quantitative estimate of drug-likeness (QED) is 0.753. The van der Waals surface area contributed by atoms with E-state index in [9.17, 15) is 0 Å². The van der Waals surface area contributed by atoms with Crippen molar-refractivity contribution in [3.63, 3.8) is 0 Å². The normalized spacial score (nSPS) is 17.8. The minimum Gasteiger partial charge on any atom is -0.354 e. The van der Waals surface area contributed by atoms with E-state index in [4.69, 9.17) is 11.6 Å². The average molecular weight is 282 g/mol. The largest absolute Gasteiger partial charge is 0.354 e. The second-order valence-corrected chi connectivity index (χ2v) is 4.96. The number of anilines is 1. The van der Waals surface area contributed by atoms with Gasteiger partial charge in [-0.15, -0.1) is 16.7 Å². The molecule has 0 radical (unpaired) electrons. The van der Waals surface area contributed by atoms with Gasteiger partial charge in [-0.3, -0.25) is 4.98 Å². The van der Waals surface area contributed by atoms with Crippen LogP contribution in [-0.2, 0) is 0 Å². The lowest BCUT2D eigenvalue weighted by molar-refractivity contribution is 0.311. The number of nitrogens with zero attached hydrogens (tertiary/aromatic N) is 7. The van der Waals surface area contributed by atoms with Gasteiger partial charge in [-0.25, -0.2) is 0 Å². The maximum absolute atomic E-state index is 5.81. The SMILES string of the molecule is ClCCN1CCCN(c2cncc3nnnn23)CC1. The summed E-state index contributed by atoms with van der Waals surface area (Å²) in [4.78, 5) is 8.88. The fourth-order valence-corrected chi connectivity index (χ4v) is 2.66. The second-order valence-electron chi connectivity index (χ2n) is 4.59. The van der Waals surface area contributed by atoms with Crippen molar-refractivity contribution in [1.29, 1.82) is 0 Å². The topological polar surface area (TPSA) is 62.5 Å². The molecule has 8 heteroatoms. The highest BCUT2D eigenvalue weighted by Gasteiger charge is 2.17. The first-order valence-electron chi connectivity index (χ1n) is 6.44. The molecule has 0 atom stereocenters. The van der Waals surface area contributed by atoms with Gasteiger partial charge in [0.25, 0.3) is 0 Å². The van der Waals surface area contributed by atoms with Gasteiger partial charge in [0, 0.05) is 32.1 Å². The fraction of sp³-hybridized carbons (Fsp3) is 0.636. The lowest BCUT2D eigenvalue weighted by atomic mass is 10.4. The van der Waals surface area contributed by atoms with E-state index in [1.807, 2.05) is 6.20 Å². The molecular weight excluding hydrogens is 266 g/mol. The van der Waals surface area contributed by atoms with Gasteiger partial charge in [0.2, 0.25) is 0 Å². The van der Waals surface area contributed by atoms with Gasteiger partial charge in [-0.2, -0.15) is 4.52 Å². The molecule has 19 heavy (non-hydrogen) atoms. The molecule has 0 unspecified atom stereocenters. The number of tetrazole rings is 1. The summed E-state index contributed by atoms with van der Waals surface area (Å²) in [6.45, 7) is 4.97. The van der Waals surface area contributed by atoms with Gasteiger partial charge in [-0.05, 0) is 23.4 Å². The number of alkyl halides is 1. The van der Waals surface area contributed by atoms with Crippen LogP contribution in [0.5, 0.6) is 0 Å². The first-order valence-corrected chi connectivity index (χ1v) is 6.97. The van der Waals surface area contributed by atoms with Crippen molar-refractivity contribution in [3.8, 4) is 0 Å². The van der Waals surface area contributed by atoms with Gasteiger partial charge < -0.3 is 9.80 Å². The summed E-state index contributed by atoms with van der Waals surface area (Å²) in [5.74, 6) is 1.64. The van der Waals surface area contributed by atoms with Crippen LogP contribution in [0.3, 0.4) is 0 Å². The Morgan fingerprint density at radius 3 is 3.00 bits per heavy atom. The van der Waals surface area contributed by atoms with Crippen molar-refractivity contribution >= 4 is 23.1 Å². The minimum atomic E-state index is 0.680. The smallest absolute Gasteiger partial charge is 0.199 e. The fourth-order valence-electron chi connectivity index (χ4n) is 2.42. The number of aromatic nitrogens is 5. The highest BCUT2D eigenvalue weighted by molar-refractivity contribution is 6.18. The summed E-state index contributed by atoms with van der Waals surface area (Å²) in [6.07, 6.45) is 4.59. The van der Waals surface area contributed by atoms with E-state index >= 15 is 0 Å². The molecule has 1 saturated heterocycles. The Hall–Kier alpha value is -1.47.